The van der Waals surface area contributed by atoms with E-state index in [1.165, 1.54) is 5.57 Å². The van der Waals surface area contributed by atoms with Crippen LogP contribution in [0.25, 0.3) is 0 Å². The van der Waals surface area contributed by atoms with Gasteiger partial charge in [-0.1, -0.05) is 55.5 Å². The van der Waals surface area contributed by atoms with Crippen molar-refractivity contribution in [3.05, 3.63) is 107 Å². The molecule has 0 N–H and O–H groups in total. The van der Waals surface area contributed by atoms with E-state index in [2.05, 4.69) is 6.08 Å². The number of rotatable bonds is 16. The highest BCUT2D eigenvalue weighted by atomic mass is 32.2. The number of methoxy groups -OCH3 is 3. The molecule has 0 aromatic heterocycles. The largest absolute Gasteiger partial charge is 0.497 e. The maximum atomic E-state index is 13.9. The Bertz CT molecular complexity index is 1520. The van der Waals surface area contributed by atoms with Crippen LogP contribution in [-0.2, 0) is 32.6 Å². The molecule has 0 spiro atoms. The predicted molar refractivity (Wildman–Crippen MR) is 178 cm³/mol. The summed E-state index contributed by atoms with van der Waals surface area (Å²) < 4.78 is 51.6. The van der Waals surface area contributed by atoms with Gasteiger partial charge in [0.05, 0.1) is 38.2 Å². The number of hydrogen-bond donors (Lipinski definition) is 0. The maximum absolute atomic E-state index is 13.9. The van der Waals surface area contributed by atoms with Gasteiger partial charge in [-0.15, -0.1) is 0 Å². The van der Waals surface area contributed by atoms with Crippen molar-refractivity contribution in [1.29, 1.82) is 0 Å². The monoisotopic (exact) mass is 647 g/mol. The topological polar surface area (TPSA) is 91.4 Å². The van der Waals surface area contributed by atoms with Crippen molar-refractivity contribution in [2.24, 2.45) is 23.7 Å². The highest BCUT2D eigenvalue weighted by Gasteiger charge is 2.42. The Morgan fingerprint density at radius 2 is 1.41 bits per heavy atom. The molecule has 1 fully saturated rings. The van der Waals surface area contributed by atoms with Crippen LogP contribution in [0, 0.1) is 23.7 Å². The summed E-state index contributed by atoms with van der Waals surface area (Å²) in [6.45, 7) is 2.92. The lowest BCUT2D eigenvalue weighted by Crippen LogP contribution is -2.43. The van der Waals surface area contributed by atoms with E-state index in [1.54, 1.807) is 37.8 Å². The van der Waals surface area contributed by atoms with Crippen molar-refractivity contribution in [3.63, 3.8) is 0 Å². The van der Waals surface area contributed by atoms with E-state index in [0.29, 0.717) is 12.2 Å². The van der Waals surface area contributed by atoms with Crippen molar-refractivity contribution in [2.75, 3.05) is 33.7 Å². The van der Waals surface area contributed by atoms with Gasteiger partial charge in [-0.25, -0.2) is 13.2 Å². The van der Waals surface area contributed by atoms with E-state index < -0.39 is 10.0 Å². The van der Waals surface area contributed by atoms with Gasteiger partial charge in [0.15, 0.2) is 0 Å². The zero-order valence-electron chi connectivity index (χ0n) is 27.1. The fraction of sp³-hybridized carbons (Fsp3) is 0.432. The Balaban J connectivity index is 1.21. The van der Waals surface area contributed by atoms with Gasteiger partial charge >= 0.3 is 5.97 Å². The van der Waals surface area contributed by atoms with Gasteiger partial charge in [0.1, 0.15) is 11.5 Å². The van der Waals surface area contributed by atoms with E-state index in [1.807, 2.05) is 73.7 Å². The second-order valence-corrected chi connectivity index (χ2v) is 14.5. The van der Waals surface area contributed by atoms with Gasteiger partial charge in [0.25, 0.3) is 0 Å². The highest BCUT2D eigenvalue weighted by Crippen LogP contribution is 2.45. The van der Waals surface area contributed by atoms with Gasteiger partial charge in [0, 0.05) is 20.2 Å². The average molecular weight is 648 g/mol. The molecule has 0 aliphatic heterocycles. The van der Waals surface area contributed by atoms with Gasteiger partial charge in [0.2, 0.25) is 10.0 Å². The minimum absolute atomic E-state index is 0.0455. The SMILES string of the molecule is COc1ccc(CN(Cc2ccc(OC)cc2)S(=O)(=O)C[C@@H](C)[C@H]2C=C([C@H](OC)[C@@H]3CC[C@H]3COC(=O)c3ccccc3)C2)cc1. The fourth-order valence-electron chi connectivity index (χ4n) is 6.41. The first-order valence-electron chi connectivity index (χ1n) is 15.9. The van der Waals surface area contributed by atoms with Gasteiger partial charge in [-0.2, -0.15) is 4.31 Å². The first kappa shape index (κ1) is 33.7. The van der Waals surface area contributed by atoms with Gasteiger partial charge < -0.3 is 18.9 Å². The number of hydrogen-bond acceptors (Lipinski definition) is 7. The Hall–Kier alpha value is -3.66. The summed E-state index contributed by atoms with van der Waals surface area (Å²) in [6, 6.07) is 24.1. The minimum atomic E-state index is -3.61. The number of esters is 1. The number of carbonyl (C=O) groups is 1. The number of carbonyl (C=O) groups excluding carboxylic acids is 1. The minimum Gasteiger partial charge on any atom is -0.497 e. The molecule has 0 saturated heterocycles. The molecule has 2 aliphatic carbocycles. The molecular formula is C37H45NO7S. The summed E-state index contributed by atoms with van der Waals surface area (Å²) in [5, 5.41) is 0. The summed E-state index contributed by atoms with van der Waals surface area (Å²) in [5.74, 6) is 1.82. The molecule has 0 radical (unpaired) electrons. The number of benzene rings is 3. The van der Waals surface area contributed by atoms with Crippen LogP contribution in [0.5, 0.6) is 11.5 Å². The normalized spacial score (nSPS) is 20.5. The molecular weight excluding hydrogens is 602 g/mol. The summed E-state index contributed by atoms with van der Waals surface area (Å²) in [5.41, 5.74) is 3.56. The summed E-state index contributed by atoms with van der Waals surface area (Å²) in [7, 11) is 1.34. The number of allylic oxidation sites excluding steroid dienone is 1. The number of nitrogens with zero attached hydrogens (tertiary/aromatic N) is 1. The molecule has 46 heavy (non-hydrogen) atoms. The van der Waals surface area contributed by atoms with Crippen molar-refractivity contribution in [1.82, 2.24) is 4.31 Å². The fourth-order valence-corrected chi connectivity index (χ4v) is 8.23. The second-order valence-electron chi connectivity index (χ2n) is 12.5. The maximum Gasteiger partial charge on any atom is 0.338 e. The van der Waals surface area contributed by atoms with E-state index >= 15 is 0 Å². The Kier molecular flexibility index (Phi) is 11.2. The number of ether oxygens (including phenoxy) is 4. The Morgan fingerprint density at radius 1 is 0.848 bits per heavy atom. The van der Waals surface area contributed by atoms with Crippen molar-refractivity contribution >= 4 is 16.0 Å². The standard InChI is InChI=1S/C37H45NO7S/c1-26(31-20-32(21-31)36(44-4)35-19-14-30(35)24-45-37(39)29-8-6-5-7-9-29)25-46(40,41)38(22-27-10-15-33(42-2)16-11-27)23-28-12-17-34(43-3)18-13-28/h5-13,15-18,20,26,30-31,35-36H,14,19,21-25H2,1-4H3/t26-,30+,31+,35-,36+/m1/s1. The molecule has 0 unspecified atom stereocenters. The average Bonchev–Trinajstić information content (AvgIpc) is 3.03. The first-order valence-corrected chi connectivity index (χ1v) is 17.5. The quantitative estimate of drug-likeness (QED) is 0.129. The molecule has 8 nitrogen and oxygen atoms in total. The lowest BCUT2D eigenvalue weighted by atomic mass is 9.65. The van der Waals surface area contributed by atoms with E-state index in [-0.39, 0.29) is 54.6 Å². The van der Waals surface area contributed by atoms with E-state index in [4.69, 9.17) is 18.9 Å². The number of sulfonamides is 1. The third kappa shape index (κ3) is 8.18. The third-order valence-corrected chi connectivity index (χ3v) is 11.4. The smallest absolute Gasteiger partial charge is 0.338 e. The van der Waals surface area contributed by atoms with Crippen LogP contribution in [0.3, 0.4) is 0 Å². The Labute approximate surface area is 273 Å². The molecule has 1 saturated carbocycles. The molecule has 0 bridgehead atoms. The molecule has 246 valence electrons. The molecule has 9 heteroatoms. The van der Waals surface area contributed by atoms with Gasteiger partial charge in [-0.3, -0.25) is 0 Å². The van der Waals surface area contributed by atoms with Crippen molar-refractivity contribution in [3.8, 4) is 11.5 Å². The zero-order valence-corrected chi connectivity index (χ0v) is 27.9. The second kappa shape index (κ2) is 15.3. The van der Waals surface area contributed by atoms with Gasteiger partial charge in [-0.05, 0) is 96.0 Å². The van der Waals surface area contributed by atoms with Crippen LogP contribution in [-0.4, -0.2) is 58.5 Å². The molecule has 3 aromatic rings. The highest BCUT2D eigenvalue weighted by molar-refractivity contribution is 7.89. The molecule has 2 aliphatic rings. The summed E-state index contributed by atoms with van der Waals surface area (Å²) >= 11 is 0. The van der Waals surface area contributed by atoms with Crippen LogP contribution in [0.15, 0.2) is 90.5 Å². The van der Waals surface area contributed by atoms with Crippen LogP contribution < -0.4 is 9.47 Å². The lowest BCUT2D eigenvalue weighted by Gasteiger charge is -2.45. The summed E-state index contributed by atoms with van der Waals surface area (Å²) in [4.78, 5) is 12.4. The lowest BCUT2D eigenvalue weighted by molar-refractivity contribution is -0.0312. The third-order valence-electron chi connectivity index (χ3n) is 9.46. The molecule has 0 heterocycles. The molecule has 5 rings (SSSR count). The van der Waals surface area contributed by atoms with Crippen LogP contribution in [0.1, 0.15) is 47.7 Å². The first-order chi connectivity index (χ1) is 22.2. The van der Waals surface area contributed by atoms with Crippen LogP contribution in [0.4, 0.5) is 0 Å². The molecule has 5 atom stereocenters. The van der Waals surface area contributed by atoms with Crippen LogP contribution in [0.2, 0.25) is 0 Å². The molecule has 3 aromatic carbocycles. The molecule has 0 amide bonds. The summed E-state index contributed by atoms with van der Waals surface area (Å²) in [6.07, 6.45) is 4.98. The Morgan fingerprint density at radius 3 is 1.89 bits per heavy atom. The van der Waals surface area contributed by atoms with Crippen molar-refractivity contribution in [2.45, 2.75) is 45.4 Å². The van der Waals surface area contributed by atoms with E-state index in [9.17, 15) is 13.2 Å². The van der Waals surface area contributed by atoms with Crippen LogP contribution >= 0.6 is 0 Å². The predicted octanol–water partition coefficient (Wildman–Crippen LogP) is 6.52. The van der Waals surface area contributed by atoms with Crippen molar-refractivity contribution < 1.29 is 32.2 Å². The van der Waals surface area contributed by atoms with E-state index in [0.717, 1.165) is 41.9 Å². The zero-order chi connectivity index (χ0) is 32.7.